The third kappa shape index (κ3) is 1.80. The van der Waals surface area contributed by atoms with E-state index >= 15 is 0 Å². The van der Waals surface area contributed by atoms with Crippen molar-refractivity contribution < 1.29 is 9.52 Å². The van der Waals surface area contributed by atoms with E-state index in [-0.39, 0.29) is 12.0 Å². The van der Waals surface area contributed by atoms with Crippen molar-refractivity contribution in [1.82, 2.24) is 4.98 Å². The summed E-state index contributed by atoms with van der Waals surface area (Å²) in [6.07, 6.45) is 3.80. The molecule has 0 fully saturated rings. The van der Waals surface area contributed by atoms with E-state index < -0.39 is 0 Å². The molecule has 0 spiro atoms. The molecule has 1 rings (SSSR count). The van der Waals surface area contributed by atoms with Gasteiger partial charge >= 0.3 is 0 Å². The van der Waals surface area contributed by atoms with Crippen LogP contribution in [0.1, 0.15) is 26.0 Å². The predicted molar refractivity (Wildman–Crippen MR) is 41.2 cm³/mol. The first kappa shape index (κ1) is 8.27. The first-order valence-electron chi connectivity index (χ1n) is 3.66. The molecule has 0 aliphatic carbocycles. The van der Waals surface area contributed by atoms with Gasteiger partial charge in [0.15, 0.2) is 6.39 Å². The van der Waals surface area contributed by atoms with Crippen LogP contribution < -0.4 is 0 Å². The molecule has 0 aliphatic rings. The number of rotatable bonds is 3. The fraction of sp³-hybridized carbons (Fsp3) is 0.625. The van der Waals surface area contributed by atoms with Crippen LogP contribution >= 0.6 is 0 Å². The quantitative estimate of drug-likeness (QED) is 0.716. The molecule has 0 unspecified atom stereocenters. The van der Waals surface area contributed by atoms with Crippen LogP contribution in [0.5, 0.6) is 0 Å². The molecule has 0 atom stereocenters. The van der Waals surface area contributed by atoms with E-state index in [1.807, 2.05) is 13.8 Å². The maximum absolute atomic E-state index is 8.74. The topological polar surface area (TPSA) is 46.3 Å². The Hall–Kier alpha value is -0.830. The van der Waals surface area contributed by atoms with E-state index in [1.54, 1.807) is 6.20 Å². The molecule has 0 aromatic carbocycles. The molecule has 62 valence electrons. The minimum atomic E-state index is -0.106. The Kier molecular flexibility index (Phi) is 2.29. The fourth-order valence-corrected chi connectivity index (χ4v) is 0.953. The number of aromatic nitrogens is 1. The van der Waals surface area contributed by atoms with E-state index in [1.165, 1.54) is 6.39 Å². The van der Waals surface area contributed by atoms with Gasteiger partial charge in [0.05, 0.1) is 6.20 Å². The molecule has 0 bridgehead atoms. The molecule has 0 saturated carbocycles. The molecule has 1 heterocycles. The SMILES string of the molecule is CC(C)(CCO)c1cnco1. The second-order valence-corrected chi connectivity index (χ2v) is 3.22. The van der Waals surface area contributed by atoms with Crippen LogP contribution in [0.3, 0.4) is 0 Å². The highest BCUT2D eigenvalue weighted by molar-refractivity contribution is 5.05. The summed E-state index contributed by atoms with van der Waals surface area (Å²) in [6, 6.07) is 0. The summed E-state index contributed by atoms with van der Waals surface area (Å²) >= 11 is 0. The Morgan fingerprint density at radius 2 is 2.36 bits per heavy atom. The number of oxazole rings is 1. The Balaban J connectivity index is 2.73. The lowest BCUT2D eigenvalue weighted by molar-refractivity contribution is 0.236. The Bertz CT molecular complexity index is 204. The number of hydrogen-bond donors (Lipinski definition) is 1. The zero-order valence-corrected chi connectivity index (χ0v) is 6.87. The van der Waals surface area contributed by atoms with Gasteiger partial charge < -0.3 is 9.52 Å². The maximum Gasteiger partial charge on any atom is 0.180 e. The van der Waals surface area contributed by atoms with E-state index in [0.717, 1.165) is 5.76 Å². The molecule has 0 saturated heterocycles. The van der Waals surface area contributed by atoms with Crippen LogP contribution in [0.2, 0.25) is 0 Å². The average molecular weight is 155 g/mol. The Labute approximate surface area is 66.1 Å². The third-order valence-electron chi connectivity index (χ3n) is 1.84. The first-order valence-corrected chi connectivity index (χ1v) is 3.66. The van der Waals surface area contributed by atoms with Crippen molar-refractivity contribution in [3.8, 4) is 0 Å². The van der Waals surface area contributed by atoms with Crippen molar-refractivity contribution in [1.29, 1.82) is 0 Å². The fourth-order valence-electron chi connectivity index (χ4n) is 0.953. The van der Waals surface area contributed by atoms with E-state index in [2.05, 4.69) is 4.98 Å². The minimum Gasteiger partial charge on any atom is -0.448 e. The summed E-state index contributed by atoms with van der Waals surface area (Å²) < 4.78 is 5.13. The zero-order chi connectivity index (χ0) is 8.32. The van der Waals surface area contributed by atoms with Crippen LogP contribution in [-0.2, 0) is 5.41 Å². The van der Waals surface area contributed by atoms with Gasteiger partial charge in [-0.15, -0.1) is 0 Å². The standard InChI is InChI=1S/C8H13NO2/c1-8(2,3-4-10)7-5-9-6-11-7/h5-6,10H,3-4H2,1-2H3. The maximum atomic E-state index is 8.74. The molecule has 0 radical (unpaired) electrons. The molecular formula is C8H13NO2. The van der Waals surface area contributed by atoms with Crippen LogP contribution in [0.25, 0.3) is 0 Å². The molecule has 0 aliphatic heterocycles. The molecule has 11 heavy (non-hydrogen) atoms. The van der Waals surface area contributed by atoms with E-state index in [4.69, 9.17) is 9.52 Å². The van der Waals surface area contributed by atoms with Crippen molar-refractivity contribution in [3.63, 3.8) is 0 Å². The highest BCUT2D eigenvalue weighted by Crippen LogP contribution is 2.25. The van der Waals surface area contributed by atoms with Crippen molar-refractivity contribution >= 4 is 0 Å². The van der Waals surface area contributed by atoms with Gasteiger partial charge in [0.2, 0.25) is 0 Å². The number of aliphatic hydroxyl groups excluding tert-OH is 1. The lowest BCUT2D eigenvalue weighted by atomic mass is 9.87. The molecule has 1 N–H and O–H groups in total. The summed E-state index contributed by atoms with van der Waals surface area (Å²) in [6.45, 7) is 4.21. The predicted octanol–water partition coefficient (Wildman–Crippen LogP) is 1.33. The van der Waals surface area contributed by atoms with Crippen LogP contribution in [0.15, 0.2) is 17.0 Å². The summed E-state index contributed by atoms with van der Waals surface area (Å²) in [4.78, 5) is 3.82. The number of nitrogens with zero attached hydrogens (tertiary/aromatic N) is 1. The van der Waals surface area contributed by atoms with Gasteiger partial charge in [-0.2, -0.15) is 0 Å². The van der Waals surface area contributed by atoms with Crippen LogP contribution in [0, 0.1) is 0 Å². The largest absolute Gasteiger partial charge is 0.448 e. The Morgan fingerprint density at radius 3 is 2.82 bits per heavy atom. The first-order chi connectivity index (χ1) is 5.17. The smallest absolute Gasteiger partial charge is 0.180 e. The monoisotopic (exact) mass is 155 g/mol. The highest BCUT2D eigenvalue weighted by Gasteiger charge is 2.22. The van der Waals surface area contributed by atoms with Gasteiger partial charge in [0.25, 0.3) is 0 Å². The molecule has 1 aromatic heterocycles. The normalized spacial score (nSPS) is 11.9. The highest BCUT2D eigenvalue weighted by atomic mass is 16.3. The van der Waals surface area contributed by atoms with Gasteiger partial charge in [-0.05, 0) is 6.42 Å². The van der Waals surface area contributed by atoms with Gasteiger partial charge in [0, 0.05) is 12.0 Å². The second-order valence-electron chi connectivity index (χ2n) is 3.22. The zero-order valence-electron chi connectivity index (χ0n) is 6.87. The van der Waals surface area contributed by atoms with Crippen LogP contribution in [-0.4, -0.2) is 16.7 Å². The molecule has 1 aromatic rings. The summed E-state index contributed by atoms with van der Waals surface area (Å²) in [7, 11) is 0. The van der Waals surface area contributed by atoms with Crippen molar-refractivity contribution in [2.24, 2.45) is 0 Å². The van der Waals surface area contributed by atoms with Crippen molar-refractivity contribution in [2.45, 2.75) is 25.7 Å². The van der Waals surface area contributed by atoms with E-state index in [0.29, 0.717) is 6.42 Å². The molecule has 3 nitrogen and oxygen atoms in total. The minimum absolute atomic E-state index is 0.106. The van der Waals surface area contributed by atoms with Crippen LogP contribution in [0.4, 0.5) is 0 Å². The number of hydrogen-bond acceptors (Lipinski definition) is 3. The van der Waals surface area contributed by atoms with E-state index in [9.17, 15) is 0 Å². The summed E-state index contributed by atoms with van der Waals surface area (Å²) in [5, 5.41) is 8.74. The Morgan fingerprint density at radius 1 is 1.64 bits per heavy atom. The van der Waals surface area contributed by atoms with Gasteiger partial charge in [-0.1, -0.05) is 13.8 Å². The molecular weight excluding hydrogens is 142 g/mol. The number of aliphatic hydroxyl groups is 1. The summed E-state index contributed by atoms with van der Waals surface area (Å²) in [5.74, 6) is 0.826. The van der Waals surface area contributed by atoms with Gasteiger partial charge in [-0.25, -0.2) is 4.98 Å². The van der Waals surface area contributed by atoms with Crippen molar-refractivity contribution in [2.75, 3.05) is 6.61 Å². The lowest BCUT2D eigenvalue weighted by Crippen LogP contribution is -2.17. The van der Waals surface area contributed by atoms with Gasteiger partial charge in [0.1, 0.15) is 5.76 Å². The lowest BCUT2D eigenvalue weighted by Gasteiger charge is -2.19. The van der Waals surface area contributed by atoms with Gasteiger partial charge in [-0.3, -0.25) is 0 Å². The second kappa shape index (κ2) is 3.05. The van der Waals surface area contributed by atoms with Crippen molar-refractivity contribution in [3.05, 3.63) is 18.4 Å². The molecule has 3 heteroatoms. The summed E-state index contributed by atoms with van der Waals surface area (Å²) in [5.41, 5.74) is -0.106. The molecule has 0 amide bonds. The average Bonchev–Trinajstić information content (AvgIpc) is 2.37. The third-order valence-corrected chi connectivity index (χ3v) is 1.84.